The summed E-state index contributed by atoms with van der Waals surface area (Å²) in [4.78, 5) is 7.21. The molecule has 5 heteroatoms. The summed E-state index contributed by atoms with van der Waals surface area (Å²) < 4.78 is 0. The molecule has 3 nitrogen and oxygen atoms in total. The second-order valence-corrected chi connectivity index (χ2v) is 7.45. The van der Waals surface area contributed by atoms with Crippen molar-refractivity contribution in [3.05, 3.63) is 0 Å². The van der Waals surface area contributed by atoms with Gasteiger partial charge in [-0.25, -0.2) is 0 Å². The molecule has 1 aliphatic heterocycles. The molecule has 0 saturated carbocycles. The van der Waals surface area contributed by atoms with Crippen molar-refractivity contribution in [2.75, 3.05) is 31.6 Å². The number of thioether (sulfide) groups is 1. The summed E-state index contributed by atoms with van der Waals surface area (Å²) >= 11 is 1.92. The Labute approximate surface area is 146 Å². The average Bonchev–Trinajstić information content (AvgIpc) is 2.34. The van der Waals surface area contributed by atoms with E-state index < -0.39 is 0 Å². The number of nitrogens with one attached hydrogen (secondary N) is 1. The zero-order valence-corrected chi connectivity index (χ0v) is 17.1. The van der Waals surface area contributed by atoms with Gasteiger partial charge in [0, 0.05) is 30.6 Å². The quantitative estimate of drug-likeness (QED) is 0.310. The molecule has 120 valence electrons. The predicted octanol–water partition coefficient (Wildman–Crippen LogP) is 3.83. The number of hydrogen-bond donors (Lipinski definition) is 1. The zero-order chi connectivity index (χ0) is 14.5. The van der Waals surface area contributed by atoms with Gasteiger partial charge in [-0.05, 0) is 45.6 Å². The van der Waals surface area contributed by atoms with Gasteiger partial charge in [-0.3, -0.25) is 4.99 Å². The lowest BCUT2D eigenvalue weighted by molar-refractivity contribution is -0.0667. The SMILES string of the molecule is CCNC(=NCCCCSC)N1CC(C)(C)C1(C)C.I. The van der Waals surface area contributed by atoms with Crippen LogP contribution in [0.1, 0.15) is 47.5 Å². The van der Waals surface area contributed by atoms with Gasteiger partial charge in [0.2, 0.25) is 0 Å². The number of halogens is 1. The molecular weight excluding hydrogens is 381 g/mol. The molecule has 20 heavy (non-hydrogen) atoms. The summed E-state index contributed by atoms with van der Waals surface area (Å²) in [6.07, 6.45) is 4.62. The van der Waals surface area contributed by atoms with Crippen LogP contribution in [0, 0.1) is 5.41 Å². The third-order valence-corrected chi connectivity index (χ3v) is 5.19. The van der Waals surface area contributed by atoms with Crippen LogP contribution in [0.25, 0.3) is 0 Å². The zero-order valence-electron chi connectivity index (χ0n) is 14.0. The predicted molar refractivity (Wildman–Crippen MR) is 104 cm³/mol. The smallest absolute Gasteiger partial charge is 0.194 e. The van der Waals surface area contributed by atoms with Crippen LogP contribution in [0.15, 0.2) is 4.99 Å². The Morgan fingerprint density at radius 3 is 2.35 bits per heavy atom. The van der Waals surface area contributed by atoms with Crippen LogP contribution in [0.5, 0.6) is 0 Å². The van der Waals surface area contributed by atoms with Crippen molar-refractivity contribution >= 4 is 41.7 Å². The summed E-state index contributed by atoms with van der Waals surface area (Å²) in [6.45, 7) is 14.4. The van der Waals surface area contributed by atoms with Gasteiger partial charge in [-0.15, -0.1) is 24.0 Å². The molecule has 0 aliphatic carbocycles. The van der Waals surface area contributed by atoms with Gasteiger partial charge < -0.3 is 10.2 Å². The first-order valence-electron chi connectivity index (χ1n) is 7.41. The van der Waals surface area contributed by atoms with Gasteiger partial charge in [-0.1, -0.05) is 13.8 Å². The molecule has 1 saturated heterocycles. The average molecular weight is 413 g/mol. The van der Waals surface area contributed by atoms with Crippen molar-refractivity contribution in [1.82, 2.24) is 10.2 Å². The van der Waals surface area contributed by atoms with Gasteiger partial charge in [0.1, 0.15) is 0 Å². The van der Waals surface area contributed by atoms with E-state index in [-0.39, 0.29) is 29.5 Å². The minimum atomic E-state index is 0. The van der Waals surface area contributed by atoms with Gasteiger partial charge in [-0.2, -0.15) is 11.8 Å². The molecule has 0 spiro atoms. The molecule has 1 N–H and O–H groups in total. The Morgan fingerprint density at radius 2 is 1.90 bits per heavy atom. The van der Waals surface area contributed by atoms with E-state index in [4.69, 9.17) is 4.99 Å². The fraction of sp³-hybridized carbons (Fsp3) is 0.933. The molecular formula is C15H32IN3S. The van der Waals surface area contributed by atoms with Crippen molar-refractivity contribution in [3.8, 4) is 0 Å². The Kier molecular flexibility index (Phi) is 8.86. The molecule has 1 heterocycles. The number of likely N-dealkylation sites (tertiary alicyclic amines) is 1. The van der Waals surface area contributed by atoms with Crippen LogP contribution in [0.4, 0.5) is 0 Å². The van der Waals surface area contributed by atoms with E-state index in [0.717, 1.165) is 25.6 Å². The first kappa shape index (κ1) is 20.3. The molecule has 0 aromatic heterocycles. The highest BCUT2D eigenvalue weighted by Crippen LogP contribution is 2.46. The van der Waals surface area contributed by atoms with Crippen LogP contribution in [-0.4, -0.2) is 48.0 Å². The number of nitrogens with zero attached hydrogens (tertiary/aromatic N) is 2. The summed E-state index contributed by atoms with van der Waals surface area (Å²) in [5.41, 5.74) is 0.551. The lowest BCUT2D eigenvalue weighted by atomic mass is 9.65. The van der Waals surface area contributed by atoms with Crippen LogP contribution < -0.4 is 5.32 Å². The lowest BCUT2D eigenvalue weighted by Gasteiger charge is -2.62. The summed E-state index contributed by atoms with van der Waals surface area (Å²) in [5, 5.41) is 3.44. The highest BCUT2D eigenvalue weighted by molar-refractivity contribution is 14.0. The normalized spacial score (nSPS) is 20.1. The number of rotatable bonds is 6. The van der Waals surface area contributed by atoms with Crippen molar-refractivity contribution in [2.45, 2.75) is 53.0 Å². The highest BCUT2D eigenvalue weighted by atomic mass is 127. The van der Waals surface area contributed by atoms with Crippen LogP contribution in [0.3, 0.4) is 0 Å². The highest BCUT2D eigenvalue weighted by Gasteiger charge is 2.53. The van der Waals surface area contributed by atoms with Gasteiger partial charge in [0.05, 0.1) is 0 Å². The van der Waals surface area contributed by atoms with Gasteiger partial charge in [0.25, 0.3) is 0 Å². The standard InChI is InChI=1S/C15H31N3S.HI/c1-7-16-13(17-10-8-9-11-19-6)18-12-14(2,3)15(18,4)5;/h7-12H2,1-6H3,(H,16,17);1H. The molecule has 1 rings (SSSR count). The molecule has 0 aromatic carbocycles. The van der Waals surface area contributed by atoms with E-state index in [9.17, 15) is 0 Å². The topological polar surface area (TPSA) is 27.6 Å². The molecule has 0 amide bonds. The monoisotopic (exact) mass is 413 g/mol. The maximum absolute atomic E-state index is 4.79. The molecule has 1 fully saturated rings. The van der Waals surface area contributed by atoms with Crippen LogP contribution in [0.2, 0.25) is 0 Å². The molecule has 0 bridgehead atoms. The van der Waals surface area contributed by atoms with Crippen molar-refractivity contribution in [1.29, 1.82) is 0 Å². The van der Waals surface area contributed by atoms with Crippen LogP contribution in [-0.2, 0) is 0 Å². The van der Waals surface area contributed by atoms with E-state index >= 15 is 0 Å². The van der Waals surface area contributed by atoms with Crippen molar-refractivity contribution in [3.63, 3.8) is 0 Å². The van der Waals surface area contributed by atoms with Crippen molar-refractivity contribution in [2.24, 2.45) is 10.4 Å². The molecule has 0 unspecified atom stereocenters. The fourth-order valence-electron chi connectivity index (χ4n) is 2.34. The van der Waals surface area contributed by atoms with E-state index in [1.54, 1.807) is 0 Å². The second-order valence-electron chi connectivity index (χ2n) is 6.46. The number of guanidine groups is 1. The Balaban J connectivity index is 0.00000361. The fourth-order valence-corrected chi connectivity index (χ4v) is 2.83. The first-order chi connectivity index (χ1) is 8.86. The van der Waals surface area contributed by atoms with E-state index in [0.29, 0.717) is 5.41 Å². The van der Waals surface area contributed by atoms with E-state index in [1.807, 2.05) is 11.8 Å². The maximum Gasteiger partial charge on any atom is 0.194 e. The number of unbranched alkanes of at least 4 members (excludes halogenated alkanes) is 1. The molecule has 0 atom stereocenters. The van der Waals surface area contributed by atoms with Gasteiger partial charge >= 0.3 is 0 Å². The first-order valence-corrected chi connectivity index (χ1v) is 8.81. The minimum Gasteiger partial charge on any atom is -0.356 e. The Hall–Kier alpha value is 0.350. The van der Waals surface area contributed by atoms with Crippen LogP contribution >= 0.6 is 35.7 Å². The second kappa shape index (κ2) is 8.71. The maximum atomic E-state index is 4.79. The summed E-state index contributed by atoms with van der Waals surface area (Å²) in [5.74, 6) is 2.34. The lowest BCUT2D eigenvalue weighted by Crippen LogP contribution is -2.72. The Morgan fingerprint density at radius 1 is 1.25 bits per heavy atom. The summed E-state index contributed by atoms with van der Waals surface area (Å²) in [7, 11) is 0. The van der Waals surface area contributed by atoms with Crippen molar-refractivity contribution < 1.29 is 0 Å². The van der Waals surface area contributed by atoms with E-state index in [1.165, 1.54) is 18.6 Å². The van der Waals surface area contributed by atoms with Gasteiger partial charge in [0.15, 0.2) is 5.96 Å². The van der Waals surface area contributed by atoms with E-state index in [2.05, 4.69) is 51.1 Å². The summed E-state index contributed by atoms with van der Waals surface area (Å²) in [6, 6.07) is 0. The number of hydrogen-bond acceptors (Lipinski definition) is 2. The third kappa shape index (κ3) is 4.68. The largest absolute Gasteiger partial charge is 0.356 e. The molecule has 0 radical (unpaired) electrons. The molecule has 0 aromatic rings. The Bertz CT molecular complexity index is 316. The number of aliphatic imine (C=N–C) groups is 1. The third-order valence-electron chi connectivity index (χ3n) is 4.49. The molecule has 1 aliphatic rings. The minimum absolute atomic E-state index is 0.